The molecule has 3 atom stereocenters. The molecular weight excluding hydrogens is 717 g/mol. The minimum absolute atomic E-state index is 0.142. The van der Waals surface area contributed by atoms with Crippen LogP contribution in [0.3, 0.4) is 0 Å². The maximum atomic E-state index is 14.2. The minimum Gasteiger partial charge on any atom is -0.461 e. The molecule has 3 aromatic carbocycles. The van der Waals surface area contributed by atoms with E-state index < -0.39 is 47.9 Å². The molecule has 14 nitrogen and oxygen atoms in total. The Labute approximate surface area is 317 Å². The van der Waals surface area contributed by atoms with Gasteiger partial charge in [0.2, 0.25) is 6.29 Å². The van der Waals surface area contributed by atoms with Crippen molar-refractivity contribution in [3.05, 3.63) is 124 Å². The number of para-hydroxylation sites is 1. The van der Waals surface area contributed by atoms with Gasteiger partial charge in [0.1, 0.15) is 19.0 Å². The number of hydrogen-bond donors (Lipinski definition) is 3. The fourth-order valence-electron chi connectivity index (χ4n) is 5.96. The first-order valence-electron chi connectivity index (χ1n) is 17.6. The van der Waals surface area contributed by atoms with Crippen LogP contribution in [0, 0.1) is 15.9 Å². The van der Waals surface area contributed by atoms with Gasteiger partial charge in [0.25, 0.3) is 11.0 Å². The quantitative estimate of drug-likeness (QED) is 0.0292. The van der Waals surface area contributed by atoms with Crippen molar-refractivity contribution in [1.82, 2.24) is 4.57 Å². The summed E-state index contributed by atoms with van der Waals surface area (Å²) < 4.78 is 30.4. The molecule has 0 aliphatic heterocycles. The summed E-state index contributed by atoms with van der Waals surface area (Å²) in [6.45, 7) is 4.82. The number of aliphatic hydroxyl groups is 2. The Morgan fingerprint density at radius 3 is 2.11 bits per heavy atom. The Hall–Kier alpha value is -6.06. The molecule has 0 radical (unpaired) electrons. The molecule has 0 fully saturated rings. The lowest BCUT2D eigenvalue weighted by atomic mass is 9.94. The molecule has 1 aromatic heterocycles. The number of nitrogens with one attached hydrogen (secondary N) is 1. The molecule has 1 heterocycles. The summed E-state index contributed by atoms with van der Waals surface area (Å²) in [6, 6.07) is 24.5. The lowest BCUT2D eigenvalue weighted by Gasteiger charge is -2.20. The topological polar surface area (TPSA) is 189 Å². The highest BCUT2D eigenvalue weighted by Gasteiger charge is 2.31. The first-order valence-corrected chi connectivity index (χ1v) is 17.6. The van der Waals surface area contributed by atoms with Crippen LogP contribution in [0.4, 0.5) is 14.9 Å². The fraction of sp³-hybridized carbons (Fsp3) is 0.325. The fourth-order valence-corrected chi connectivity index (χ4v) is 5.96. The maximum absolute atomic E-state index is 14.2. The van der Waals surface area contributed by atoms with Gasteiger partial charge in [-0.2, -0.15) is 0 Å². The number of halogens is 1. The van der Waals surface area contributed by atoms with E-state index in [4.69, 9.17) is 9.47 Å². The molecule has 0 spiro atoms. The van der Waals surface area contributed by atoms with Gasteiger partial charge in [0, 0.05) is 23.5 Å². The molecule has 4 rings (SSSR count). The number of ether oxygens (including phenoxy) is 3. The minimum atomic E-state index is -1.46. The molecule has 15 heteroatoms. The van der Waals surface area contributed by atoms with Gasteiger partial charge < -0.3 is 34.3 Å². The molecule has 3 N–H and O–H groups in total. The van der Waals surface area contributed by atoms with Gasteiger partial charge in [0.05, 0.1) is 29.9 Å². The zero-order valence-electron chi connectivity index (χ0n) is 30.6. The number of anilines is 1. The molecule has 55 heavy (non-hydrogen) atoms. The Morgan fingerprint density at radius 2 is 1.49 bits per heavy atom. The first-order chi connectivity index (χ1) is 26.3. The summed E-state index contributed by atoms with van der Waals surface area (Å²) in [5, 5.41) is 33.9. The van der Waals surface area contributed by atoms with Gasteiger partial charge in [-0.3, -0.25) is 14.4 Å². The van der Waals surface area contributed by atoms with Crippen LogP contribution >= 0.6 is 0 Å². The third kappa shape index (κ3) is 12.5. The molecular formula is C40H44FN3O11. The summed E-state index contributed by atoms with van der Waals surface area (Å²) in [5.41, 5.74) is 4.51. The molecule has 0 aliphatic carbocycles. The van der Waals surface area contributed by atoms with Crippen LogP contribution < -0.4 is 5.32 Å². The number of aliphatic hydroxyl groups excluding tert-OH is 2. The van der Waals surface area contributed by atoms with Crippen molar-refractivity contribution in [2.75, 3.05) is 18.5 Å². The van der Waals surface area contributed by atoms with Crippen LogP contribution in [0.1, 0.15) is 62.0 Å². The van der Waals surface area contributed by atoms with E-state index in [2.05, 4.69) is 14.9 Å². The number of carbonyl (C=O) groups is 3. The number of benzene rings is 3. The van der Waals surface area contributed by atoms with E-state index in [9.17, 15) is 39.1 Å². The number of esters is 1. The molecule has 0 saturated heterocycles. The van der Waals surface area contributed by atoms with Gasteiger partial charge in [-0.1, -0.05) is 62.4 Å². The van der Waals surface area contributed by atoms with Crippen LogP contribution in [0.25, 0.3) is 22.4 Å². The molecule has 292 valence electrons. The van der Waals surface area contributed by atoms with Crippen molar-refractivity contribution in [3.8, 4) is 22.4 Å². The molecule has 1 amide bonds. The van der Waals surface area contributed by atoms with E-state index in [1.165, 1.54) is 24.3 Å². The van der Waals surface area contributed by atoms with Crippen molar-refractivity contribution >= 4 is 23.7 Å². The highest BCUT2D eigenvalue weighted by molar-refractivity contribution is 6.12. The van der Waals surface area contributed by atoms with Crippen LogP contribution in [0.5, 0.6) is 0 Å². The van der Waals surface area contributed by atoms with Crippen molar-refractivity contribution in [3.63, 3.8) is 0 Å². The van der Waals surface area contributed by atoms with E-state index in [0.717, 1.165) is 12.5 Å². The van der Waals surface area contributed by atoms with Crippen LogP contribution in [-0.4, -0.2) is 69.6 Å². The lowest BCUT2D eigenvalue weighted by molar-refractivity contribution is -0.777. The van der Waals surface area contributed by atoms with E-state index in [1.54, 1.807) is 24.3 Å². The summed E-state index contributed by atoms with van der Waals surface area (Å²) >= 11 is 0. The maximum Gasteiger partial charge on any atom is 0.510 e. The van der Waals surface area contributed by atoms with Crippen molar-refractivity contribution in [1.29, 1.82) is 0 Å². The second-order valence-corrected chi connectivity index (χ2v) is 12.7. The highest BCUT2D eigenvalue weighted by atomic mass is 19.1. The predicted molar refractivity (Wildman–Crippen MR) is 200 cm³/mol. The Kier molecular flexibility index (Phi) is 15.5. The summed E-state index contributed by atoms with van der Waals surface area (Å²) in [4.78, 5) is 52.3. The standard InChI is InChI=1S/C40H44FN3O11/c1-26(2)37-36(39(48)42-31-14-8-5-9-15-31)35(28-12-6-4-7-13-28)38(29-16-18-30(41)19-17-29)43(37)21-20-32(45)24-33(46)25-34(47)52-22-10-11-23-53-40(49)54-27(3)55-44(50)51/h4-19,26-27,32-33,45-46H,20-25H2,1-3H3,(H,42,48)/b11-10-/t27?,32-,33-/m1/s1. The van der Waals surface area contributed by atoms with E-state index >= 15 is 0 Å². The molecule has 0 bridgehead atoms. The molecule has 4 aromatic rings. The number of nitrogens with zero attached hydrogens (tertiary/aromatic N) is 2. The third-order valence-corrected chi connectivity index (χ3v) is 8.22. The van der Waals surface area contributed by atoms with E-state index in [1.807, 2.05) is 66.9 Å². The lowest BCUT2D eigenvalue weighted by Crippen LogP contribution is -2.23. The van der Waals surface area contributed by atoms with Gasteiger partial charge in [-0.15, -0.1) is 10.1 Å². The van der Waals surface area contributed by atoms with Crippen LogP contribution in [0.15, 0.2) is 97.1 Å². The highest BCUT2D eigenvalue weighted by Crippen LogP contribution is 2.42. The van der Waals surface area contributed by atoms with Crippen molar-refractivity contribution in [2.45, 2.75) is 71.0 Å². The number of hydrogen-bond acceptors (Lipinski definition) is 11. The predicted octanol–water partition coefficient (Wildman–Crippen LogP) is 7.04. The van der Waals surface area contributed by atoms with Crippen molar-refractivity contribution in [2.24, 2.45) is 0 Å². The summed E-state index contributed by atoms with van der Waals surface area (Å²) in [7, 11) is 0. The van der Waals surface area contributed by atoms with Gasteiger partial charge >= 0.3 is 12.1 Å². The van der Waals surface area contributed by atoms with E-state index in [0.29, 0.717) is 33.8 Å². The van der Waals surface area contributed by atoms with Crippen LogP contribution in [-0.2, 0) is 30.4 Å². The van der Waals surface area contributed by atoms with Crippen molar-refractivity contribution < 1.29 is 53.1 Å². The second kappa shape index (κ2) is 20.4. The third-order valence-electron chi connectivity index (χ3n) is 8.22. The zero-order chi connectivity index (χ0) is 39.9. The van der Waals surface area contributed by atoms with Gasteiger partial charge in [0.15, 0.2) is 0 Å². The average molecular weight is 762 g/mol. The zero-order valence-corrected chi connectivity index (χ0v) is 30.6. The number of carbonyl (C=O) groups excluding carboxylic acids is 3. The normalized spacial score (nSPS) is 12.9. The smallest absolute Gasteiger partial charge is 0.461 e. The molecule has 0 saturated carbocycles. The summed E-state index contributed by atoms with van der Waals surface area (Å²) in [5.74, 6) is -1.65. The Morgan fingerprint density at radius 1 is 0.873 bits per heavy atom. The van der Waals surface area contributed by atoms with E-state index in [-0.39, 0.29) is 44.4 Å². The summed E-state index contributed by atoms with van der Waals surface area (Å²) in [6.07, 6.45) is -2.61. The first kappa shape index (κ1) is 41.7. The average Bonchev–Trinajstić information content (AvgIpc) is 3.48. The monoisotopic (exact) mass is 761 g/mol. The Bertz CT molecular complexity index is 1920. The molecule has 1 unspecified atom stereocenters. The Balaban J connectivity index is 1.46. The number of rotatable bonds is 19. The molecule has 0 aliphatic rings. The number of aromatic nitrogens is 1. The number of amides is 1. The largest absolute Gasteiger partial charge is 0.510 e. The SMILES string of the molecule is CC(OC(=O)OC/C=C\COC(=O)C[C@H](O)C[C@H](O)CCn1c(-c2ccc(F)cc2)c(-c2ccccc2)c(C(=O)Nc2ccccc2)c1C(C)C)O[N+](=O)[O-]. The second-order valence-electron chi connectivity index (χ2n) is 12.7. The van der Waals surface area contributed by atoms with Gasteiger partial charge in [-0.25, -0.2) is 9.18 Å². The van der Waals surface area contributed by atoms with Crippen LogP contribution in [0.2, 0.25) is 0 Å². The van der Waals surface area contributed by atoms with Gasteiger partial charge in [-0.05, 0) is 85.4 Å².